The minimum Gasteiger partial charge on any atom is -0.322 e. The van der Waals surface area contributed by atoms with E-state index in [0.29, 0.717) is 21.4 Å². The molecule has 0 aliphatic carbocycles. The molecule has 3 rings (SSSR count). The van der Waals surface area contributed by atoms with Crippen LogP contribution in [0.3, 0.4) is 0 Å². The lowest BCUT2D eigenvalue weighted by atomic mass is 10.2. The highest BCUT2D eigenvalue weighted by Gasteiger charge is 2.15. The van der Waals surface area contributed by atoms with Crippen LogP contribution >= 0.6 is 34.8 Å². The van der Waals surface area contributed by atoms with Crippen molar-refractivity contribution >= 4 is 62.1 Å². The van der Waals surface area contributed by atoms with Crippen LogP contribution in [-0.4, -0.2) is 14.3 Å². The van der Waals surface area contributed by atoms with Gasteiger partial charge in [-0.25, -0.2) is 8.42 Å². The Bertz CT molecular complexity index is 1120. The number of rotatable bonds is 5. The van der Waals surface area contributed by atoms with Crippen molar-refractivity contribution in [3.05, 3.63) is 87.4 Å². The molecule has 0 bridgehead atoms. The summed E-state index contributed by atoms with van der Waals surface area (Å²) >= 11 is 17.6. The second kappa shape index (κ2) is 8.41. The van der Waals surface area contributed by atoms with Gasteiger partial charge in [-0.15, -0.1) is 0 Å². The summed E-state index contributed by atoms with van der Waals surface area (Å²) in [7, 11) is -3.78. The minimum atomic E-state index is -3.78. The van der Waals surface area contributed by atoms with Crippen LogP contribution in [0, 0.1) is 0 Å². The normalized spacial score (nSPS) is 11.1. The van der Waals surface area contributed by atoms with Crippen molar-refractivity contribution in [2.24, 2.45) is 0 Å². The van der Waals surface area contributed by atoms with E-state index in [1.54, 1.807) is 30.3 Å². The van der Waals surface area contributed by atoms with Gasteiger partial charge in [-0.1, -0.05) is 34.8 Å². The van der Waals surface area contributed by atoms with Crippen molar-refractivity contribution in [2.75, 3.05) is 10.0 Å². The van der Waals surface area contributed by atoms with Crippen LogP contribution in [0.15, 0.2) is 71.6 Å². The maximum absolute atomic E-state index is 12.5. The Hall–Kier alpha value is -2.25. The summed E-state index contributed by atoms with van der Waals surface area (Å²) in [4.78, 5) is 12.4. The van der Waals surface area contributed by atoms with Gasteiger partial charge in [-0.2, -0.15) is 0 Å². The Balaban J connectivity index is 1.73. The quantitative estimate of drug-likeness (QED) is 0.518. The SMILES string of the molecule is O=C(Nc1ccc(S(=O)(=O)Nc2ccc(Cl)cc2)cc1)c1ccc(Cl)cc1Cl. The van der Waals surface area contributed by atoms with Crippen molar-refractivity contribution in [1.82, 2.24) is 0 Å². The second-order valence-electron chi connectivity index (χ2n) is 5.72. The van der Waals surface area contributed by atoms with E-state index < -0.39 is 15.9 Å². The van der Waals surface area contributed by atoms with Crippen LogP contribution in [0.4, 0.5) is 11.4 Å². The van der Waals surface area contributed by atoms with Gasteiger partial charge < -0.3 is 5.32 Å². The molecule has 2 N–H and O–H groups in total. The van der Waals surface area contributed by atoms with Crippen molar-refractivity contribution in [1.29, 1.82) is 0 Å². The molecule has 0 spiro atoms. The Morgan fingerprint density at radius 1 is 0.750 bits per heavy atom. The first kappa shape index (κ1) is 20.5. The summed E-state index contributed by atoms with van der Waals surface area (Å²) in [5.41, 5.74) is 1.06. The molecule has 144 valence electrons. The van der Waals surface area contributed by atoms with E-state index in [1.165, 1.54) is 36.4 Å². The zero-order chi connectivity index (χ0) is 20.3. The molecule has 9 heteroatoms. The van der Waals surface area contributed by atoms with E-state index in [4.69, 9.17) is 34.8 Å². The molecular formula is C19H13Cl3N2O3S. The molecule has 0 aliphatic heterocycles. The number of sulfonamides is 1. The molecule has 0 radical (unpaired) electrons. The molecule has 5 nitrogen and oxygen atoms in total. The van der Waals surface area contributed by atoms with Crippen LogP contribution in [0.25, 0.3) is 0 Å². The van der Waals surface area contributed by atoms with Crippen LogP contribution in [0.2, 0.25) is 15.1 Å². The first-order valence-corrected chi connectivity index (χ1v) is 10.5. The van der Waals surface area contributed by atoms with Crippen molar-refractivity contribution in [3.63, 3.8) is 0 Å². The van der Waals surface area contributed by atoms with E-state index in [9.17, 15) is 13.2 Å². The number of halogens is 3. The fraction of sp³-hybridized carbons (Fsp3) is 0. The number of carbonyl (C=O) groups excluding carboxylic acids is 1. The average Bonchev–Trinajstić information content (AvgIpc) is 2.64. The highest BCUT2D eigenvalue weighted by Crippen LogP contribution is 2.23. The molecule has 0 fully saturated rings. The first-order chi connectivity index (χ1) is 13.2. The van der Waals surface area contributed by atoms with Gasteiger partial charge in [0.2, 0.25) is 0 Å². The third kappa shape index (κ3) is 4.97. The van der Waals surface area contributed by atoms with Crippen molar-refractivity contribution in [2.45, 2.75) is 4.90 Å². The average molecular weight is 456 g/mol. The molecule has 0 saturated heterocycles. The molecular weight excluding hydrogens is 443 g/mol. The lowest BCUT2D eigenvalue weighted by Crippen LogP contribution is -2.14. The number of hydrogen-bond donors (Lipinski definition) is 2. The van der Waals surface area contributed by atoms with E-state index in [2.05, 4.69) is 10.0 Å². The van der Waals surface area contributed by atoms with Gasteiger partial charge in [0.05, 0.1) is 15.5 Å². The van der Waals surface area contributed by atoms with Gasteiger partial charge >= 0.3 is 0 Å². The Morgan fingerprint density at radius 3 is 1.93 bits per heavy atom. The van der Waals surface area contributed by atoms with E-state index in [1.807, 2.05) is 0 Å². The third-order valence-corrected chi connectivity index (χ3v) is 5.89. The molecule has 0 unspecified atom stereocenters. The number of amides is 1. The monoisotopic (exact) mass is 454 g/mol. The van der Waals surface area contributed by atoms with Crippen LogP contribution in [-0.2, 0) is 10.0 Å². The fourth-order valence-corrected chi connectivity index (χ4v) is 4.00. The van der Waals surface area contributed by atoms with Crippen LogP contribution < -0.4 is 10.0 Å². The summed E-state index contributed by atoms with van der Waals surface area (Å²) in [6, 6.07) is 16.6. The molecule has 0 atom stereocenters. The summed E-state index contributed by atoms with van der Waals surface area (Å²) in [6.07, 6.45) is 0. The Labute approximate surface area is 177 Å². The highest BCUT2D eigenvalue weighted by molar-refractivity contribution is 7.92. The van der Waals surface area contributed by atoms with Crippen molar-refractivity contribution in [3.8, 4) is 0 Å². The van der Waals surface area contributed by atoms with Gasteiger partial charge in [0.15, 0.2) is 0 Å². The van der Waals surface area contributed by atoms with E-state index in [0.717, 1.165) is 0 Å². The number of nitrogens with one attached hydrogen (secondary N) is 2. The predicted octanol–water partition coefficient (Wildman–Crippen LogP) is 5.70. The van der Waals surface area contributed by atoms with Gasteiger partial charge in [-0.05, 0) is 66.7 Å². The van der Waals surface area contributed by atoms with Crippen molar-refractivity contribution < 1.29 is 13.2 Å². The maximum Gasteiger partial charge on any atom is 0.261 e. The lowest BCUT2D eigenvalue weighted by molar-refractivity contribution is 0.102. The fourth-order valence-electron chi connectivity index (χ4n) is 2.32. The van der Waals surface area contributed by atoms with Gasteiger partial charge in [-0.3, -0.25) is 9.52 Å². The number of benzene rings is 3. The Morgan fingerprint density at radius 2 is 1.32 bits per heavy atom. The van der Waals surface area contributed by atoms with Gasteiger partial charge in [0.1, 0.15) is 0 Å². The number of anilines is 2. The molecule has 0 aromatic heterocycles. The second-order valence-corrected chi connectivity index (χ2v) is 8.68. The molecule has 3 aromatic carbocycles. The molecule has 1 amide bonds. The predicted molar refractivity (Wildman–Crippen MR) is 113 cm³/mol. The first-order valence-electron chi connectivity index (χ1n) is 7.89. The largest absolute Gasteiger partial charge is 0.322 e. The van der Waals surface area contributed by atoms with E-state index in [-0.39, 0.29) is 15.5 Å². The lowest BCUT2D eigenvalue weighted by Gasteiger charge is -2.10. The summed E-state index contributed by atoms with van der Waals surface area (Å²) in [5, 5.41) is 3.80. The van der Waals surface area contributed by atoms with Crippen LogP contribution in [0.1, 0.15) is 10.4 Å². The van der Waals surface area contributed by atoms with E-state index >= 15 is 0 Å². The standard InChI is InChI=1S/C19H13Cl3N2O3S/c20-12-1-4-15(5-2-12)24-28(26,27)16-8-6-14(7-9-16)23-19(25)17-10-3-13(21)11-18(17)22/h1-11,24H,(H,23,25). The zero-order valence-electron chi connectivity index (χ0n) is 14.1. The minimum absolute atomic E-state index is 0.0463. The molecule has 3 aromatic rings. The smallest absolute Gasteiger partial charge is 0.261 e. The van der Waals surface area contributed by atoms with Gasteiger partial charge in [0, 0.05) is 21.4 Å². The molecule has 0 saturated carbocycles. The number of carbonyl (C=O) groups is 1. The molecule has 0 heterocycles. The molecule has 28 heavy (non-hydrogen) atoms. The van der Waals surface area contributed by atoms with Gasteiger partial charge in [0.25, 0.3) is 15.9 Å². The highest BCUT2D eigenvalue weighted by atomic mass is 35.5. The summed E-state index contributed by atoms with van der Waals surface area (Å²) in [6.45, 7) is 0. The van der Waals surface area contributed by atoms with Crippen LogP contribution in [0.5, 0.6) is 0 Å². The Kier molecular flexibility index (Phi) is 6.15. The summed E-state index contributed by atoms with van der Waals surface area (Å²) < 4.78 is 27.4. The molecule has 0 aliphatic rings. The number of hydrogen-bond acceptors (Lipinski definition) is 3. The maximum atomic E-state index is 12.5. The summed E-state index contributed by atoms with van der Waals surface area (Å²) in [5.74, 6) is -0.434. The topological polar surface area (TPSA) is 75.3 Å². The zero-order valence-corrected chi connectivity index (χ0v) is 17.2. The third-order valence-electron chi connectivity index (χ3n) is 3.69.